The van der Waals surface area contributed by atoms with Crippen LogP contribution in [0.2, 0.25) is 0 Å². The minimum absolute atomic E-state index is 0.424. The second-order valence-corrected chi connectivity index (χ2v) is 4.82. The Morgan fingerprint density at radius 2 is 1.83 bits per heavy atom. The Balaban J connectivity index is 2.01. The van der Waals surface area contributed by atoms with Crippen molar-refractivity contribution in [2.75, 3.05) is 5.32 Å². The van der Waals surface area contributed by atoms with E-state index < -0.39 is 0 Å². The number of benzene rings is 1. The van der Waals surface area contributed by atoms with Crippen LogP contribution in [0.15, 0.2) is 36.7 Å². The Morgan fingerprint density at radius 1 is 1.11 bits per heavy atom. The molecule has 0 aliphatic heterocycles. The van der Waals surface area contributed by atoms with Crippen molar-refractivity contribution in [1.82, 2.24) is 9.97 Å². The van der Waals surface area contributed by atoms with Gasteiger partial charge < -0.3 is 5.32 Å². The van der Waals surface area contributed by atoms with Crippen LogP contribution in [0.25, 0.3) is 0 Å². The van der Waals surface area contributed by atoms with Gasteiger partial charge in [0, 0.05) is 18.3 Å². The van der Waals surface area contributed by atoms with Crippen molar-refractivity contribution in [3.05, 3.63) is 53.5 Å². The molecule has 0 saturated carbocycles. The van der Waals surface area contributed by atoms with Gasteiger partial charge in [0.25, 0.3) is 0 Å². The number of hydrogen-bond acceptors (Lipinski definition) is 3. The summed E-state index contributed by atoms with van der Waals surface area (Å²) in [4.78, 5) is 8.49. The molecule has 0 amide bonds. The van der Waals surface area contributed by atoms with Gasteiger partial charge in [-0.05, 0) is 18.4 Å². The van der Waals surface area contributed by atoms with E-state index in [1.54, 1.807) is 6.33 Å². The van der Waals surface area contributed by atoms with Crippen LogP contribution < -0.4 is 5.32 Å². The number of aryl methyl sites for hydroxylation is 1. The van der Waals surface area contributed by atoms with Crippen molar-refractivity contribution < 1.29 is 0 Å². The van der Waals surface area contributed by atoms with E-state index in [0.29, 0.717) is 5.92 Å². The summed E-state index contributed by atoms with van der Waals surface area (Å²) in [5, 5.41) is 3.32. The zero-order valence-electron chi connectivity index (χ0n) is 11.1. The molecule has 18 heavy (non-hydrogen) atoms. The fourth-order valence-electron chi connectivity index (χ4n) is 1.68. The van der Waals surface area contributed by atoms with Crippen molar-refractivity contribution in [1.29, 1.82) is 0 Å². The highest BCUT2D eigenvalue weighted by Crippen LogP contribution is 2.14. The molecule has 0 radical (unpaired) electrons. The summed E-state index contributed by atoms with van der Waals surface area (Å²) in [6.07, 6.45) is 1.62. The maximum Gasteiger partial charge on any atom is 0.129 e. The topological polar surface area (TPSA) is 37.8 Å². The molecule has 1 heterocycles. The highest BCUT2D eigenvalue weighted by Gasteiger charge is 2.02. The monoisotopic (exact) mass is 241 g/mol. The van der Waals surface area contributed by atoms with E-state index in [2.05, 4.69) is 60.3 Å². The third-order valence-electron chi connectivity index (χ3n) is 2.87. The van der Waals surface area contributed by atoms with E-state index in [0.717, 1.165) is 18.1 Å². The second kappa shape index (κ2) is 5.63. The van der Waals surface area contributed by atoms with Crippen LogP contribution in [0.1, 0.15) is 36.6 Å². The zero-order valence-corrected chi connectivity index (χ0v) is 11.1. The Labute approximate surface area is 108 Å². The van der Waals surface area contributed by atoms with E-state index in [-0.39, 0.29) is 0 Å². The molecule has 1 aromatic heterocycles. The van der Waals surface area contributed by atoms with Crippen LogP contribution in [0.4, 0.5) is 5.82 Å². The second-order valence-electron chi connectivity index (χ2n) is 4.82. The number of aromatic nitrogens is 2. The molecule has 2 aromatic rings. The number of hydrogen-bond donors (Lipinski definition) is 1. The lowest BCUT2D eigenvalue weighted by Crippen LogP contribution is -2.03. The lowest BCUT2D eigenvalue weighted by atomic mass is 10.1. The summed E-state index contributed by atoms with van der Waals surface area (Å²) in [6.45, 7) is 7.14. The quantitative estimate of drug-likeness (QED) is 0.890. The van der Waals surface area contributed by atoms with Crippen LogP contribution >= 0.6 is 0 Å². The fourth-order valence-corrected chi connectivity index (χ4v) is 1.68. The third-order valence-corrected chi connectivity index (χ3v) is 2.87. The lowest BCUT2D eigenvalue weighted by molar-refractivity contribution is 0.814. The molecule has 3 heteroatoms. The SMILES string of the molecule is Cc1ccc(CNc2cc(C(C)C)ncn2)cc1. The van der Waals surface area contributed by atoms with Crippen molar-refractivity contribution in [3.63, 3.8) is 0 Å². The lowest BCUT2D eigenvalue weighted by Gasteiger charge is -2.08. The minimum Gasteiger partial charge on any atom is -0.366 e. The molecule has 0 unspecified atom stereocenters. The molecule has 3 nitrogen and oxygen atoms in total. The van der Waals surface area contributed by atoms with Gasteiger partial charge in [-0.1, -0.05) is 43.7 Å². The molecule has 0 spiro atoms. The van der Waals surface area contributed by atoms with Crippen LogP contribution in [-0.4, -0.2) is 9.97 Å². The summed E-state index contributed by atoms with van der Waals surface area (Å²) in [7, 11) is 0. The van der Waals surface area contributed by atoms with Crippen molar-refractivity contribution in [2.45, 2.75) is 33.2 Å². The van der Waals surface area contributed by atoms with E-state index >= 15 is 0 Å². The first-order chi connectivity index (χ1) is 8.65. The molecule has 94 valence electrons. The van der Waals surface area contributed by atoms with Gasteiger partial charge in [0.1, 0.15) is 12.1 Å². The molecule has 0 aliphatic carbocycles. The van der Waals surface area contributed by atoms with Gasteiger partial charge in [-0.15, -0.1) is 0 Å². The predicted molar refractivity (Wildman–Crippen MR) is 74.6 cm³/mol. The van der Waals surface area contributed by atoms with Crippen LogP contribution in [0.3, 0.4) is 0 Å². The Bertz CT molecular complexity index is 503. The first-order valence-electron chi connectivity index (χ1n) is 6.26. The van der Waals surface area contributed by atoms with E-state index in [1.165, 1.54) is 11.1 Å². The van der Waals surface area contributed by atoms with Gasteiger partial charge in [-0.2, -0.15) is 0 Å². The van der Waals surface area contributed by atoms with Gasteiger partial charge >= 0.3 is 0 Å². The van der Waals surface area contributed by atoms with Crippen molar-refractivity contribution >= 4 is 5.82 Å². The first kappa shape index (κ1) is 12.6. The molecule has 0 aliphatic rings. The molecular formula is C15H19N3. The first-order valence-corrected chi connectivity index (χ1v) is 6.26. The molecule has 1 N–H and O–H groups in total. The molecule has 2 rings (SSSR count). The summed E-state index contributed by atoms with van der Waals surface area (Å²) in [6, 6.07) is 10.5. The highest BCUT2D eigenvalue weighted by atomic mass is 15.0. The summed E-state index contributed by atoms with van der Waals surface area (Å²) < 4.78 is 0. The number of nitrogens with one attached hydrogen (secondary N) is 1. The molecule has 0 bridgehead atoms. The van der Waals surface area contributed by atoms with Gasteiger partial charge in [-0.25, -0.2) is 9.97 Å². The summed E-state index contributed by atoms with van der Waals surface area (Å²) in [5.41, 5.74) is 3.60. The maximum absolute atomic E-state index is 4.25. The van der Waals surface area contributed by atoms with Gasteiger partial charge in [0.05, 0.1) is 0 Å². The van der Waals surface area contributed by atoms with Crippen LogP contribution in [0.5, 0.6) is 0 Å². The average Bonchev–Trinajstić information content (AvgIpc) is 2.38. The normalized spacial score (nSPS) is 10.7. The minimum atomic E-state index is 0.424. The molecular weight excluding hydrogens is 222 g/mol. The van der Waals surface area contributed by atoms with E-state index in [1.807, 2.05) is 6.07 Å². The fraction of sp³-hybridized carbons (Fsp3) is 0.333. The average molecular weight is 241 g/mol. The molecule has 0 atom stereocenters. The number of rotatable bonds is 4. The Kier molecular flexibility index (Phi) is 3.92. The number of anilines is 1. The van der Waals surface area contributed by atoms with Gasteiger partial charge in [0.2, 0.25) is 0 Å². The molecule has 1 aromatic carbocycles. The maximum atomic E-state index is 4.25. The van der Waals surface area contributed by atoms with Crippen molar-refractivity contribution in [3.8, 4) is 0 Å². The Hall–Kier alpha value is -1.90. The summed E-state index contributed by atoms with van der Waals surface area (Å²) >= 11 is 0. The van der Waals surface area contributed by atoms with Gasteiger partial charge in [0.15, 0.2) is 0 Å². The third kappa shape index (κ3) is 3.29. The highest BCUT2D eigenvalue weighted by molar-refractivity contribution is 5.37. The zero-order chi connectivity index (χ0) is 13.0. The largest absolute Gasteiger partial charge is 0.366 e. The molecule has 0 fully saturated rings. The van der Waals surface area contributed by atoms with Gasteiger partial charge in [-0.3, -0.25) is 0 Å². The predicted octanol–water partition coefficient (Wildman–Crippen LogP) is 3.52. The van der Waals surface area contributed by atoms with E-state index in [4.69, 9.17) is 0 Å². The smallest absolute Gasteiger partial charge is 0.129 e. The Morgan fingerprint density at radius 3 is 2.50 bits per heavy atom. The summed E-state index contributed by atoms with van der Waals surface area (Å²) in [5.74, 6) is 1.31. The van der Waals surface area contributed by atoms with E-state index in [9.17, 15) is 0 Å². The van der Waals surface area contributed by atoms with Crippen LogP contribution in [0, 0.1) is 6.92 Å². The standard InChI is InChI=1S/C15H19N3/c1-11(2)14-8-15(18-10-17-14)16-9-13-6-4-12(3)5-7-13/h4-8,10-11H,9H2,1-3H3,(H,16,17,18). The van der Waals surface area contributed by atoms with Crippen molar-refractivity contribution in [2.24, 2.45) is 0 Å². The number of nitrogens with zero attached hydrogens (tertiary/aromatic N) is 2. The molecule has 0 saturated heterocycles. The van der Waals surface area contributed by atoms with Crippen LogP contribution in [-0.2, 0) is 6.54 Å².